The summed E-state index contributed by atoms with van der Waals surface area (Å²) in [6, 6.07) is 12.5. The Balaban J connectivity index is 1.75. The van der Waals surface area contributed by atoms with Gasteiger partial charge in [0.15, 0.2) is 0 Å². The van der Waals surface area contributed by atoms with Crippen LogP contribution in [0.1, 0.15) is 39.0 Å². The normalized spacial score (nSPS) is 17.0. The molecular formula is C22H30N4O5S. The van der Waals surface area contributed by atoms with Gasteiger partial charge in [-0.1, -0.05) is 43.7 Å². The van der Waals surface area contributed by atoms with Gasteiger partial charge in [0.1, 0.15) is 6.04 Å². The zero-order chi connectivity index (χ0) is 23.1. The fraction of sp³-hybridized carbons (Fsp3) is 0.455. The molecule has 1 aliphatic rings. The molecule has 3 rings (SSSR count). The minimum absolute atomic E-state index is 0.0652. The molecule has 1 aliphatic heterocycles. The van der Waals surface area contributed by atoms with Gasteiger partial charge in [0.2, 0.25) is 11.8 Å². The number of hydroxylamine groups is 1. The van der Waals surface area contributed by atoms with Crippen LogP contribution in [-0.4, -0.2) is 59.7 Å². The topological polar surface area (TPSA) is 119 Å². The molecule has 1 saturated heterocycles. The van der Waals surface area contributed by atoms with Crippen molar-refractivity contribution < 1.29 is 23.2 Å². The van der Waals surface area contributed by atoms with Crippen LogP contribution in [0.25, 0.3) is 10.8 Å². The van der Waals surface area contributed by atoms with Gasteiger partial charge in [0.05, 0.1) is 0 Å². The molecule has 2 aromatic carbocycles. The molecule has 1 atom stereocenters. The monoisotopic (exact) mass is 462 g/mol. The van der Waals surface area contributed by atoms with Crippen molar-refractivity contribution in [2.24, 2.45) is 0 Å². The number of hydrogen-bond donors (Lipinski definition) is 3. The molecule has 0 saturated carbocycles. The molecule has 0 aromatic heterocycles. The fourth-order valence-electron chi connectivity index (χ4n) is 3.88. The van der Waals surface area contributed by atoms with Crippen LogP contribution in [0.15, 0.2) is 42.5 Å². The second-order valence-electron chi connectivity index (χ2n) is 7.87. The molecule has 0 bridgehead atoms. The van der Waals surface area contributed by atoms with Crippen molar-refractivity contribution in [1.29, 1.82) is 0 Å². The average molecular weight is 463 g/mol. The largest absolute Gasteiger partial charge is 0.325 e. The van der Waals surface area contributed by atoms with Crippen LogP contribution in [0.3, 0.4) is 0 Å². The number of nitrogens with one attached hydrogen (secondary N) is 2. The van der Waals surface area contributed by atoms with Crippen LogP contribution < -0.4 is 10.8 Å². The molecule has 0 radical (unpaired) electrons. The van der Waals surface area contributed by atoms with E-state index < -0.39 is 22.2 Å². The van der Waals surface area contributed by atoms with E-state index in [1.54, 1.807) is 6.07 Å². The first-order chi connectivity index (χ1) is 15.4. The molecule has 2 amide bonds. The first-order valence-electron chi connectivity index (χ1n) is 10.9. The van der Waals surface area contributed by atoms with Gasteiger partial charge in [-0.3, -0.25) is 14.8 Å². The van der Waals surface area contributed by atoms with E-state index in [1.807, 2.05) is 43.3 Å². The predicted octanol–water partition coefficient (Wildman–Crippen LogP) is 2.49. The van der Waals surface area contributed by atoms with Crippen LogP contribution in [0.2, 0.25) is 0 Å². The maximum absolute atomic E-state index is 13.4. The summed E-state index contributed by atoms with van der Waals surface area (Å²) in [5, 5.41) is 13.6. The Morgan fingerprint density at radius 3 is 2.62 bits per heavy atom. The number of carbonyl (C=O) groups excluding carboxylic acids is 2. The van der Waals surface area contributed by atoms with E-state index in [4.69, 9.17) is 5.21 Å². The number of fused-ring (bicyclic) bond motifs is 1. The molecular weight excluding hydrogens is 432 g/mol. The Morgan fingerprint density at radius 2 is 1.91 bits per heavy atom. The molecule has 3 N–H and O–H groups in total. The number of benzene rings is 2. The average Bonchev–Trinajstić information content (AvgIpc) is 3.30. The minimum Gasteiger partial charge on any atom is -0.325 e. The molecule has 174 valence electrons. The Morgan fingerprint density at radius 1 is 1.16 bits per heavy atom. The zero-order valence-electron chi connectivity index (χ0n) is 18.2. The summed E-state index contributed by atoms with van der Waals surface area (Å²) in [6.45, 7) is 2.37. The first kappa shape index (κ1) is 24.1. The summed E-state index contributed by atoms with van der Waals surface area (Å²) in [7, 11) is -3.95. The quantitative estimate of drug-likeness (QED) is 0.370. The van der Waals surface area contributed by atoms with E-state index in [0.29, 0.717) is 24.9 Å². The Labute approximate surface area is 188 Å². The van der Waals surface area contributed by atoms with Crippen LogP contribution >= 0.6 is 0 Å². The lowest BCUT2D eigenvalue weighted by atomic mass is 10.1. The van der Waals surface area contributed by atoms with Gasteiger partial charge in [-0.05, 0) is 42.2 Å². The maximum atomic E-state index is 13.4. The highest BCUT2D eigenvalue weighted by atomic mass is 32.2. The molecule has 2 aromatic rings. The SMILES string of the molecule is CCCCN(CCC(=O)NO)S(=O)(=O)N1CCCC1C(=O)Nc1ccc2ccccc2c1. The summed E-state index contributed by atoms with van der Waals surface area (Å²) >= 11 is 0. The summed E-state index contributed by atoms with van der Waals surface area (Å²) < 4.78 is 29.2. The summed E-state index contributed by atoms with van der Waals surface area (Å²) in [5.41, 5.74) is 2.14. The van der Waals surface area contributed by atoms with Crippen LogP contribution in [0, 0.1) is 0 Å². The number of rotatable bonds is 10. The maximum Gasteiger partial charge on any atom is 0.282 e. The number of amides is 2. The molecule has 0 spiro atoms. The van der Waals surface area contributed by atoms with Gasteiger partial charge in [-0.2, -0.15) is 17.0 Å². The lowest BCUT2D eigenvalue weighted by molar-refractivity contribution is -0.129. The third-order valence-corrected chi connectivity index (χ3v) is 7.67. The van der Waals surface area contributed by atoms with Crippen molar-refractivity contribution in [3.05, 3.63) is 42.5 Å². The van der Waals surface area contributed by atoms with Gasteiger partial charge < -0.3 is 5.32 Å². The molecule has 1 unspecified atom stereocenters. The Hall–Kier alpha value is -2.53. The van der Waals surface area contributed by atoms with E-state index >= 15 is 0 Å². The lowest BCUT2D eigenvalue weighted by Gasteiger charge is -2.30. The van der Waals surface area contributed by atoms with Crippen molar-refractivity contribution in [3.63, 3.8) is 0 Å². The lowest BCUT2D eigenvalue weighted by Crippen LogP contribution is -2.50. The molecule has 32 heavy (non-hydrogen) atoms. The molecule has 9 nitrogen and oxygen atoms in total. The molecule has 10 heteroatoms. The van der Waals surface area contributed by atoms with Gasteiger partial charge in [0.25, 0.3) is 10.2 Å². The van der Waals surface area contributed by atoms with Crippen molar-refractivity contribution in [3.8, 4) is 0 Å². The third kappa shape index (κ3) is 5.63. The second-order valence-corrected chi connectivity index (χ2v) is 9.75. The van der Waals surface area contributed by atoms with Gasteiger partial charge in [0, 0.05) is 31.7 Å². The Bertz CT molecular complexity index is 1060. The fourth-order valence-corrected chi connectivity index (χ4v) is 5.74. The second kappa shape index (κ2) is 10.9. The van der Waals surface area contributed by atoms with Crippen LogP contribution in [0.5, 0.6) is 0 Å². The van der Waals surface area contributed by atoms with Crippen LogP contribution in [0.4, 0.5) is 5.69 Å². The van der Waals surface area contributed by atoms with Gasteiger partial charge in [-0.15, -0.1) is 0 Å². The van der Waals surface area contributed by atoms with E-state index in [1.165, 1.54) is 14.1 Å². The van der Waals surface area contributed by atoms with Crippen molar-refractivity contribution >= 4 is 38.5 Å². The predicted molar refractivity (Wildman–Crippen MR) is 122 cm³/mol. The number of hydrogen-bond acceptors (Lipinski definition) is 5. The summed E-state index contributed by atoms with van der Waals surface area (Å²) in [6.07, 6.45) is 2.25. The standard InChI is InChI=1S/C22H30N4O5S/c1-2-3-13-25(15-12-21(27)24-29)32(30,31)26-14-6-9-20(26)22(28)23-19-11-10-17-7-4-5-8-18(17)16-19/h4-5,7-8,10-11,16,20,29H,2-3,6,9,12-15H2,1H3,(H,23,28)(H,24,27). The van der Waals surface area contributed by atoms with Crippen molar-refractivity contribution in [2.75, 3.05) is 25.0 Å². The molecule has 0 aliphatic carbocycles. The number of carbonyl (C=O) groups is 2. The molecule has 1 fully saturated rings. The third-order valence-electron chi connectivity index (χ3n) is 5.62. The van der Waals surface area contributed by atoms with E-state index in [2.05, 4.69) is 5.32 Å². The smallest absolute Gasteiger partial charge is 0.282 e. The zero-order valence-corrected chi connectivity index (χ0v) is 19.0. The van der Waals surface area contributed by atoms with Crippen LogP contribution in [-0.2, 0) is 19.8 Å². The highest BCUT2D eigenvalue weighted by molar-refractivity contribution is 7.86. The minimum atomic E-state index is -3.95. The number of unbranched alkanes of at least 4 members (excludes halogenated alkanes) is 1. The Kier molecular flexibility index (Phi) is 8.19. The van der Waals surface area contributed by atoms with Gasteiger partial charge in [-0.25, -0.2) is 5.48 Å². The van der Waals surface area contributed by atoms with Gasteiger partial charge >= 0.3 is 0 Å². The first-order valence-corrected chi connectivity index (χ1v) is 12.3. The molecule has 1 heterocycles. The van der Waals surface area contributed by atoms with E-state index in [-0.39, 0.29) is 32.0 Å². The van der Waals surface area contributed by atoms with E-state index in [0.717, 1.165) is 17.2 Å². The van der Waals surface area contributed by atoms with E-state index in [9.17, 15) is 18.0 Å². The number of anilines is 1. The van der Waals surface area contributed by atoms with Crippen molar-refractivity contribution in [2.45, 2.75) is 45.1 Å². The van der Waals surface area contributed by atoms with Crippen molar-refractivity contribution in [1.82, 2.24) is 14.1 Å². The highest BCUT2D eigenvalue weighted by Gasteiger charge is 2.41. The summed E-state index contributed by atoms with van der Waals surface area (Å²) in [5.74, 6) is -1.03. The number of nitrogens with zero attached hydrogens (tertiary/aromatic N) is 2. The highest BCUT2D eigenvalue weighted by Crippen LogP contribution is 2.26. The summed E-state index contributed by atoms with van der Waals surface area (Å²) in [4.78, 5) is 24.5.